The Kier molecular flexibility index (Phi) is 9.79. The second-order valence-corrected chi connectivity index (χ2v) is 12.8. The molecule has 5 rings (SSSR count). The highest BCUT2D eigenvalue weighted by molar-refractivity contribution is 7.92. The predicted molar refractivity (Wildman–Crippen MR) is 172 cm³/mol. The van der Waals surface area contributed by atoms with Crippen molar-refractivity contribution < 1.29 is 13.2 Å². The number of nitrogens with one attached hydrogen (secondary N) is 1. The van der Waals surface area contributed by atoms with Crippen LogP contribution < -0.4 is 10.0 Å². The normalized spacial score (nSPS) is 15.4. The summed E-state index contributed by atoms with van der Waals surface area (Å²) in [5.74, 6) is 1.00. The maximum absolute atomic E-state index is 13.9. The second kappa shape index (κ2) is 13.7. The minimum Gasteiger partial charge on any atom is -0.384 e. The van der Waals surface area contributed by atoms with Gasteiger partial charge in [-0.25, -0.2) is 13.4 Å². The summed E-state index contributed by atoms with van der Waals surface area (Å²) in [7, 11) is -3.78. The van der Waals surface area contributed by atoms with E-state index >= 15 is 0 Å². The van der Waals surface area contributed by atoms with E-state index in [0.717, 1.165) is 61.4 Å². The summed E-state index contributed by atoms with van der Waals surface area (Å²) in [4.78, 5) is 7.56. The van der Waals surface area contributed by atoms with Crippen molar-refractivity contribution in [2.75, 3.05) is 37.1 Å². The summed E-state index contributed by atoms with van der Waals surface area (Å²) in [5, 5.41) is 7.65. The number of amidine groups is 1. The van der Waals surface area contributed by atoms with Crippen LogP contribution in [0.15, 0.2) is 77.7 Å². The predicted octanol–water partition coefficient (Wildman–Crippen LogP) is 4.82. The van der Waals surface area contributed by atoms with E-state index < -0.39 is 10.0 Å². The lowest BCUT2D eigenvalue weighted by Crippen LogP contribution is -2.38. The van der Waals surface area contributed by atoms with Crippen LogP contribution in [0.3, 0.4) is 0 Å². The molecule has 1 fully saturated rings. The van der Waals surface area contributed by atoms with Crippen LogP contribution in [0.25, 0.3) is 11.0 Å². The molecule has 10 heteroatoms. The summed E-state index contributed by atoms with van der Waals surface area (Å²) < 4.78 is 37.6. The smallest absolute Gasteiger partial charge is 0.264 e. The molecule has 4 aromatic rings. The van der Waals surface area contributed by atoms with Crippen LogP contribution in [-0.2, 0) is 34.1 Å². The molecule has 0 radical (unpaired) electrons. The van der Waals surface area contributed by atoms with Crippen molar-refractivity contribution in [1.29, 1.82) is 5.41 Å². The highest BCUT2D eigenvalue weighted by atomic mass is 32.2. The molecule has 0 amide bonds. The first-order chi connectivity index (χ1) is 20.8. The van der Waals surface area contributed by atoms with Gasteiger partial charge in [0.2, 0.25) is 0 Å². The third-order valence-corrected chi connectivity index (χ3v) is 10.1. The van der Waals surface area contributed by atoms with Gasteiger partial charge in [-0.05, 0) is 68.2 Å². The molecule has 1 unspecified atom stereocenters. The lowest BCUT2D eigenvalue weighted by atomic mass is 10.1. The monoisotopic (exact) mass is 602 g/mol. The van der Waals surface area contributed by atoms with Gasteiger partial charge in [0.15, 0.2) is 0 Å². The third kappa shape index (κ3) is 7.09. The molecule has 0 spiro atoms. The molecule has 1 aromatic heterocycles. The number of anilines is 1. The number of aromatic nitrogens is 2. The highest BCUT2D eigenvalue weighted by Gasteiger charge is 2.27. The number of nitrogens with zero attached hydrogens (tertiary/aromatic N) is 4. The Morgan fingerprint density at radius 3 is 2.42 bits per heavy atom. The van der Waals surface area contributed by atoms with Crippen molar-refractivity contribution >= 4 is 32.6 Å². The van der Waals surface area contributed by atoms with E-state index in [1.165, 1.54) is 4.31 Å². The molecule has 1 atom stereocenters. The number of ether oxygens (including phenoxy) is 1. The van der Waals surface area contributed by atoms with Gasteiger partial charge in [0, 0.05) is 31.7 Å². The van der Waals surface area contributed by atoms with E-state index in [4.69, 9.17) is 20.9 Å². The number of nitrogen functional groups attached to an aromatic ring is 1. The van der Waals surface area contributed by atoms with Gasteiger partial charge in [0.1, 0.15) is 11.7 Å². The standard InChI is InChI=1S/C33H42N6O3S/c1-3-37(4-2)20-21-39(43(40,41)29-10-6-5-7-11-29)27-17-18-31-30(23-27)36-32(38(31)24-28-9-8-22-42-28)19-14-25-12-15-26(16-13-25)33(34)35/h5-7,10-13,15-18,23,28H,3-4,8-9,14,19-22,24H2,1-2H3,(H3,34,35). The fourth-order valence-corrected chi connectivity index (χ4v) is 7.17. The van der Waals surface area contributed by atoms with Crippen LogP contribution in [0.4, 0.5) is 5.69 Å². The number of fused-ring (bicyclic) bond motifs is 1. The zero-order chi connectivity index (χ0) is 30.4. The number of nitrogens with two attached hydrogens (primary N) is 1. The SMILES string of the molecule is CCN(CC)CCN(c1ccc2c(c1)nc(CCc1ccc(C(=N)N)cc1)n2CC1CCCO1)S(=O)(=O)c1ccccc1. The minimum atomic E-state index is -3.78. The molecule has 1 aliphatic heterocycles. The van der Waals surface area contributed by atoms with Gasteiger partial charge in [-0.15, -0.1) is 0 Å². The molecule has 0 bridgehead atoms. The van der Waals surface area contributed by atoms with Crippen LogP contribution in [0, 0.1) is 5.41 Å². The van der Waals surface area contributed by atoms with Crippen LogP contribution in [0.1, 0.15) is 43.6 Å². The van der Waals surface area contributed by atoms with Crippen molar-refractivity contribution in [3.05, 3.63) is 89.7 Å². The third-order valence-electron chi connectivity index (χ3n) is 8.26. The van der Waals surface area contributed by atoms with Crippen molar-refractivity contribution in [3.8, 4) is 0 Å². The van der Waals surface area contributed by atoms with Crippen molar-refractivity contribution in [2.45, 2.75) is 57.1 Å². The fraction of sp³-hybridized carbons (Fsp3) is 0.394. The van der Waals surface area contributed by atoms with E-state index in [1.54, 1.807) is 24.3 Å². The van der Waals surface area contributed by atoms with Gasteiger partial charge in [-0.2, -0.15) is 0 Å². The number of hydrogen-bond donors (Lipinski definition) is 2. The lowest BCUT2D eigenvalue weighted by Gasteiger charge is -2.28. The van der Waals surface area contributed by atoms with Gasteiger partial charge in [-0.3, -0.25) is 9.71 Å². The molecule has 3 N–H and O–H groups in total. The Balaban J connectivity index is 1.50. The van der Waals surface area contributed by atoms with Gasteiger partial charge < -0.3 is 19.9 Å². The number of rotatable bonds is 14. The maximum Gasteiger partial charge on any atom is 0.264 e. The van der Waals surface area contributed by atoms with Crippen LogP contribution in [0.5, 0.6) is 0 Å². The molecule has 3 aromatic carbocycles. The molecule has 9 nitrogen and oxygen atoms in total. The van der Waals surface area contributed by atoms with E-state index in [0.29, 0.717) is 37.3 Å². The van der Waals surface area contributed by atoms with Crippen molar-refractivity contribution in [3.63, 3.8) is 0 Å². The first-order valence-corrected chi connectivity index (χ1v) is 16.6. The van der Waals surface area contributed by atoms with Crippen LogP contribution in [0.2, 0.25) is 0 Å². The van der Waals surface area contributed by atoms with Gasteiger partial charge >= 0.3 is 0 Å². The average molecular weight is 603 g/mol. The molecule has 43 heavy (non-hydrogen) atoms. The second-order valence-electron chi connectivity index (χ2n) is 11.0. The summed E-state index contributed by atoms with van der Waals surface area (Å²) in [6, 6.07) is 22.2. The number of likely N-dealkylation sites (N-methyl/N-ethyl adjacent to an activating group) is 1. The Morgan fingerprint density at radius 2 is 1.77 bits per heavy atom. The molecule has 228 valence electrons. The number of sulfonamides is 1. The van der Waals surface area contributed by atoms with E-state index in [9.17, 15) is 8.42 Å². The van der Waals surface area contributed by atoms with Gasteiger partial charge in [0.25, 0.3) is 10.0 Å². The first-order valence-electron chi connectivity index (χ1n) is 15.1. The fourth-order valence-electron chi connectivity index (χ4n) is 5.70. The molecule has 0 saturated carbocycles. The molecule has 2 heterocycles. The summed E-state index contributed by atoms with van der Waals surface area (Å²) in [6.07, 6.45) is 3.69. The Morgan fingerprint density at radius 1 is 1.02 bits per heavy atom. The molecule has 1 aliphatic rings. The van der Waals surface area contributed by atoms with E-state index in [1.807, 2.05) is 48.5 Å². The van der Waals surface area contributed by atoms with Crippen molar-refractivity contribution in [2.24, 2.45) is 5.73 Å². The van der Waals surface area contributed by atoms with E-state index in [-0.39, 0.29) is 16.8 Å². The molecular weight excluding hydrogens is 560 g/mol. The number of benzene rings is 3. The van der Waals surface area contributed by atoms with Crippen molar-refractivity contribution in [1.82, 2.24) is 14.5 Å². The summed E-state index contributed by atoms with van der Waals surface area (Å²) >= 11 is 0. The van der Waals surface area contributed by atoms with E-state index in [2.05, 4.69) is 23.3 Å². The first kappa shape index (κ1) is 30.7. The minimum absolute atomic E-state index is 0.0566. The van der Waals surface area contributed by atoms with Crippen LogP contribution in [-0.4, -0.2) is 67.6 Å². The average Bonchev–Trinajstić information content (AvgIpc) is 3.66. The molecule has 0 aliphatic carbocycles. The Hall–Kier alpha value is -3.73. The highest BCUT2D eigenvalue weighted by Crippen LogP contribution is 2.29. The summed E-state index contributed by atoms with van der Waals surface area (Å²) in [6.45, 7) is 8.33. The zero-order valence-electron chi connectivity index (χ0n) is 25.1. The molecule has 1 saturated heterocycles. The number of imidazole rings is 1. The quantitative estimate of drug-likeness (QED) is 0.158. The Bertz CT molecular complexity index is 1630. The topological polar surface area (TPSA) is 118 Å². The largest absolute Gasteiger partial charge is 0.384 e. The maximum atomic E-state index is 13.9. The zero-order valence-corrected chi connectivity index (χ0v) is 25.9. The Labute approximate surface area is 254 Å². The molecular formula is C33H42N6O3S. The lowest BCUT2D eigenvalue weighted by molar-refractivity contribution is 0.0972. The number of hydrogen-bond acceptors (Lipinski definition) is 6. The number of aryl methyl sites for hydroxylation is 2. The van der Waals surface area contributed by atoms with Crippen LogP contribution >= 0.6 is 0 Å². The van der Waals surface area contributed by atoms with Gasteiger partial charge in [0.05, 0.1) is 34.3 Å². The van der Waals surface area contributed by atoms with Gasteiger partial charge in [-0.1, -0.05) is 56.3 Å². The summed E-state index contributed by atoms with van der Waals surface area (Å²) in [5.41, 5.74) is 9.82.